The molecule has 0 aromatic carbocycles. The third kappa shape index (κ3) is 2.65. The van der Waals surface area contributed by atoms with E-state index in [4.69, 9.17) is 5.11 Å². The van der Waals surface area contributed by atoms with Crippen molar-refractivity contribution >= 4 is 12.0 Å². The molecule has 1 heterocycles. The smallest absolute Gasteiger partial charge is 0.320 e. The van der Waals surface area contributed by atoms with Gasteiger partial charge in [0.15, 0.2) is 0 Å². The van der Waals surface area contributed by atoms with Gasteiger partial charge in [-0.3, -0.25) is 4.79 Å². The molecule has 1 aliphatic heterocycles. The number of likely N-dealkylation sites (tertiary alicyclic amines) is 1. The summed E-state index contributed by atoms with van der Waals surface area (Å²) in [6.07, 6.45) is 0.566. The monoisotopic (exact) mass is 228 g/mol. The number of nitrogens with zero attached hydrogens (tertiary/aromatic N) is 2. The van der Waals surface area contributed by atoms with Crippen LogP contribution in [0.4, 0.5) is 4.79 Å². The zero-order chi connectivity index (χ0) is 12.3. The summed E-state index contributed by atoms with van der Waals surface area (Å²) in [4.78, 5) is 26.2. The Kier molecular flexibility index (Phi) is 4.15. The van der Waals surface area contributed by atoms with Crippen molar-refractivity contribution in [2.75, 3.05) is 19.6 Å². The Hall–Kier alpha value is -1.26. The van der Waals surface area contributed by atoms with Crippen LogP contribution in [0.3, 0.4) is 0 Å². The van der Waals surface area contributed by atoms with E-state index in [1.54, 1.807) is 9.80 Å². The van der Waals surface area contributed by atoms with Crippen molar-refractivity contribution < 1.29 is 14.7 Å². The number of rotatable bonds is 3. The number of carbonyl (C=O) groups is 2. The maximum atomic E-state index is 12.0. The van der Waals surface area contributed by atoms with Crippen LogP contribution in [-0.4, -0.2) is 52.6 Å². The number of hydrogen-bond donors (Lipinski definition) is 1. The van der Waals surface area contributed by atoms with Crippen molar-refractivity contribution in [1.82, 2.24) is 9.80 Å². The predicted molar refractivity (Wildman–Crippen MR) is 60.2 cm³/mol. The summed E-state index contributed by atoms with van der Waals surface area (Å²) >= 11 is 0. The minimum atomic E-state index is -0.803. The minimum Gasteiger partial charge on any atom is -0.481 e. The largest absolute Gasteiger partial charge is 0.481 e. The highest BCUT2D eigenvalue weighted by atomic mass is 16.4. The summed E-state index contributed by atoms with van der Waals surface area (Å²) < 4.78 is 0. The normalized spacial score (nSPS) is 20.2. The lowest BCUT2D eigenvalue weighted by Gasteiger charge is -2.30. The van der Waals surface area contributed by atoms with Gasteiger partial charge in [0.05, 0.1) is 5.92 Å². The van der Waals surface area contributed by atoms with E-state index in [1.165, 1.54) is 0 Å². The summed E-state index contributed by atoms with van der Waals surface area (Å²) in [5, 5.41) is 8.87. The van der Waals surface area contributed by atoms with Crippen LogP contribution in [-0.2, 0) is 4.79 Å². The fraction of sp³-hybridized carbons (Fsp3) is 0.818. The number of hydrogen-bond acceptors (Lipinski definition) is 2. The van der Waals surface area contributed by atoms with Gasteiger partial charge in [0.2, 0.25) is 0 Å². The zero-order valence-electron chi connectivity index (χ0n) is 10.1. The molecule has 0 spiro atoms. The second-order valence-corrected chi connectivity index (χ2v) is 4.43. The molecule has 2 amide bonds. The minimum absolute atomic E-state index is 0.0405. The maximum absolute atomic E-state index is 12.0. The van der Waals surface area contributed by atoms with Crippen LogP contribution in [0.2, 0.25) is 0 Å². The van der Waals surface area contributed by atoms with Crippen LogP contribution in [0.5, 0.6) is 0 Å². The van der Waals surface area contributed by atoms with Crippen molar-refractivity contribution in [3.63, 3.8) is 0 Å². The van der Waals surface area contributed by atoms with Gasteiger partial charge in [-0.15, -0.1) is 0 Å². The summed E-state index contributed by atoms with van der Waals surface area (Å²) in [5.74, 6) is -1.20. The SMILES string of the molecule is CCN(C(=O)N1CCC(C(=O)O)C1)C(C)C. The number of urea groups is 1. The summed E-state index contributed by atoms with van der Waals surface area (Å²) in [7, 11) is 0. The van der Waals surface area contributed by atoms with Crippen LogP contribution >= 0.6 is 0 Å². The van der Waals surface area contributed by atoms with E-state index in [1.807, 2.05) is 20.8 Å². The molecule has 0 aromatic rings. The predicted octanol–water partition coefficient (Wildman–Crippen LogP) is 1.24. The third-order valence-electron chi connectivity index (χ3n) is 3.02. The van der Waals surface area contributed by atoms with Crippen LogP contribution in [0.15, 0.2) is 0 Å². The first-order chi connectivity index (χ1) is 7.47. The van der Waals surface area contributed by atoms with Crippen molar-refractivity contribution in [2.24, 2.45) is 5.92 Å². The molecule has 92 valence electrons. The van der Waals surface area contributed by atoms with E-state index < -0.39 is 11.9 Å². The Morgan fingerprint density at radius 2 is 2.12 bits per heavy atom. The van der Waals surface area contributed by atoms with Gasteiger partial charge in [-0.05, 0) is 27.2 Å². The number of carboxylic acids is 1. The third-order valence-corrected chi connectivity index (χ3v) is 3.02. The lowest BCUT2D eigenvalue weighted by Crippen LogP contribution is -2.45. The summed E-state index contributed by atoms with van der Waals surface area (Å²) in [6, 6.07) is 0.114. The first kappa shape index (κ1) is 12.8. The summed E-state index contributed by atoms with van der Waals surface area (Å²) in [6.45, 7) is 7.42. The quantitative estimate of drug-likeness (QED) is 0.790. The van der Waals surface area contributed by atoms with Gasteiger partial charge in [-0.25, -0.2) is 4.79 Å². The fourth-order valence-electron chi connectivity index (χ4n) is 2.04. The highest BCUT2D eigenvalue weighted by Gasteiger charge is 2.33. The molecule has 1 rings (SSSR count). The fourth-order valence-corrected chi connectivity index (χ4v) is 2.04. The molecule has 0 aromatic heterocycles. The highest BCUT2D eigenvalue weighted by Crippen LogP contribution is 2.18. The molecule has 1 N–H and O–H groups in total. The first-order valence-corrected chi connectivity index (χ1v) is 5.75. The van der Waals surface area contributed by atoms with E-state index in [0.717, 1.165) is 0 Å². The van der Waals surface area contributed by atoms with Gasteiger partial charge in [0.1, 0.15) is 0 Å². The van der Waals surface area contributed by atoms with E-state index >= 15 is 0 Å². The van der Waals surface area contributed by atoms with Crippen molar-refractivity contribution in [2.45, 2.75) is 33.2 Å². The van der Waals surface area contributed by atoms with Crippen molar-refractivity contribution in [3.05, 3.63) is 0 Å². The van der Waals surface area contributed by atoms with Crippen LogP contribution in [0.1, 0.15) is 27.2 Å². The second kappa shape index (κ2) is 5.18. The van der Waals surface area contributed by atoms with Gasteiger partial charge in [-0.1, -0.05) is 0 Å². The van der Waals surface area contributed by atoms with E-state index in [9.17, 15) is 9.59 Å². The molecule has 0 saturated carbocycles. The van der Waals surface area contributed by atoms with Gasteiger partial charge in [0.25, 0.3) is 0 Å². The second-order valence-electron chi connectivity index (χ2n) is 4.43. The number of carbonyl (C=O) groups excluding carboxylic acids is 1. The summed E-state index contributed by atoms with van der Waals surface area (Å²) in [5.41, 5.74) is 0. The molecule has 0 radical (unpaired) electrons. The average Bonchev–Trinajstić information content (AvgIpc) is 2.66. The number of aliphatic carboxylic acids is 1. The molecule has 5 nitrogen and oxygen atoms in total. The zero-order valence-corrected chi connectivity index (χ0v) is 10.1. The molecule has 1 saturated heterocycles. The molecule has 1 fully saturated rings. The molecule has 1 unspecified atom stereocenters. The molecule has 0 bridgehead atoms. The molecular weight excluding hydrogens is 208 g/mol. The Morgan fingerprint density at radius 3 is 2.50 bits per heavy atom. The lowest BCUT2D eigenvalue weighted by atomic mass is 10.1. The van der Waals surface area contributed by atoms with Gasteiger partial charge < -0.3 is 14.9 Å². The van der Waals surface area contributed by atoms with E-state index in [0.29, 0.717) is 26.1 Å². The standard InChI is InChI=1S/C11H20N2O3/c1-4-13(8(2)3)11(16)12-6-5-9(7-12)10(14)15/h8-9H,4-7H2,1-3H3,(H,14,15). The molecular formula is C11H20N2O3. The van der Waals surface area contributed by atoms with Crippen LogP contribution in [0, 0.1) is 5.92 Å². The van der Waals surface area contributed by atoms with E-state index in [2.05, 4.69) is 0 Å². The van der Waals surface area contributed by atoms with Crippen molar-refractivity contribution in [1.29, 1.82) is 0 Å². The molecule has 1 atom stereocenters. The van der Waals surface area contributed by atoms with Gasteiger partial charge in [0, 0.05) is 25.7 Å². The highest BCUT2D eigenvalue weighted by molar-refractivity contribution is 5.77. The average molecular weight is 228 g/mol. The number of carboxylic acid groups (broad SMARTS) is 1. The molecule has 5 heteroatoms. The molecule has 1 aliphatic rings. The van der Waals surface area contributed by atoms with E-state index in [-0.39, 0.29) is 12.1 Å². The van der Waals surface area contributed by atoms with Gasteiger partial charge >= 0.3 is 12.0 Å². The Balaban J connectivity index is 2.59. The molecule has 0 aliphatic carbocycles. The lowest BCUT2D eigenvalue weighted by molar-refractivity contribution is -0.141. The topological polar surface area (TPSA) is 60.9 Å². The number of amides is 2. The van der Waals surface area contributed by atoms with Gasteiger partial charge in [-0.2, -0.15) is 0 Å². The van der Waals surface area contributed by atoms with Crippen molar-refractivity contribution in [3.8, 4) is 0 Å². The molecule has 16 heavy (non-hydrogen) atoms. The maximum Gasteiger partial charge on any atom is 0.320 e. The Morgan fingerprint density at radius 1 is 1.50 bits per heavy atom. The van der Waals surface area contributed by atoms with Crippen LogP contribution in [0.25, 0.3) is 0 Å². The Bertz CT molecular complexity index is 278. The van der Waals surface area contributed by atoms with Crippen LogP contribution < -0.4 is 0 Å². The Labute approximate surface area is 96.0 Å². The first-order valence-electron chi connectivity index (χ1n) is 5.75.